The molecule has 0 amide bonds. The van der Waals surface area contributed by atoms with E-state index in [0.717, 1.165) is 25.7 Å². The molecule has 0 aromatic rings. The van der Waals surface area contributed by atoms with Crippen LogP contribution in [0.1, 0.15) is 73.1 Å². The molecule has 2 heterocycles. The van der Waals surface area contributed by atoms with Crippen LogP contribution >= 0.6 is 0 Å². The Morgan fingerprint density at radius 3 is 2.58 bits per heavy atom. The number of ketones is 1. The molecule has 5 nitrogen and oxygen atoms in total. The summed E-state index contributed by atoms with van der Waals surface area (Å²) in [7, 11) is 0. The topological polar surface area (TPSA) is 76.1 Å². The van der Waals surface area contributed by atoms with Gasteiger partial charge in [-0.3, -0.25) is 9.59 Å². The lowest BCUT2D eigenvalue weighted by Crippen LogP contribution is -2.63. The monoisotopic (exact) mass is 456 g/mol. The van der Waals surface area contributed by atoms with Crippen molar-refractivity contribution in [2.24, 2.45) is 52.3 Å². The van der Waals surface area contributed by atoms with Crippen molar-refractivity contribution in [3.63, 3.8) is 0 Å². The minimum Gasteiger partial charge on any atom is -0.462 e. The van der Waals surface area contributed by atoms with Crippen LogP contribution in [0.15, 0.2) is 12.2 Å². The number of carbonyl (C=O) groups is 2. The molecule has 1 unspecified atom stereocenters. The van der Waals surface area contributed by atoms with Crippen molar-refractivity contribution in [1.82, 2.24) is 0 Å². The molecule has 13 atom stereocenters. The highest BCUT2D eigenvalue weighted by molar-refractivity contribution is 5.98. The van der Waals surface area contributed by atoms with Gasteiger partial charge in [-0.2, -0.15) is 0 Å². The molecule has 33 heavy (non-hydrogen) atoms. The minimum absolute atomic E-state index is 0.00461. The highest BCUT2D eigenvalue weighted by Gasteiger charge is 2.80. The van der Waals surface area contributed by atoms with Crippen LogP contribution in [0.3, 0.4) is 0 Å². The Morgan fingerprint density at radius 1 is 1.09 bits per heavy atom. The van der Waals surface area contributed by atoms with Crippen LogP contribution < -0.4 is 0 Å². The van der Waals surface area contributed by atoms with Gasteiger partial charge in [-0.25, -0.2) is 0 Å². The first-order chi connectivity index (χ1) is 15.6. The van der Waals surface area contributed by atoms with Crippen LogP contribution in [0.25, 0.3) is 0 Å². The molecule has 5 heteroatoms. The van der Waals surface area contributed by atoms with Gasteiger partial charge in [0.15, 0.2) is 5.78 Å². The molecule has 5 fully saturated rings. The van der Waals surface area contributed by atoms with Gasteiger partial charge in [0.2, 0.25) is 0 Å². The summed E-state index contributed by atoms with van der Waals surface area (Å²) in [6, 6.07) is 0. The van der Waals surface area contributed by atoms with Crippen molar-refractivity contribution >= 4 is 11.8 Å². The van der Waals surface area contributed by atoms with Crippen molar-refractivity contribution < 1.29 is 24.2 Å². The summed E-state index contributed by atoms with van der Waals surface area (Å²) < 4.78 is 12.2. The molecule has 4 aliphatic carbocycles. The fraction of sp³-hybridized carbons (Fsp3) is 0.857. The van der Waals surface area contributed by atoms with Crippen LogP contribution in [-0.2, 0) is 19.1 Å². The molecule has 2 saturated heterocycles. The number of esters is 1. The lowest BCUT2D eigenvalue weighted by molar-refractivity contribution is -0.171. The second-order valence-electron chi connectivity index (χ2n) is 12.9. The average molecular weight is 457 g/mol. The molecule has 0 radical (unpaired) electrons. The third-order valence-corrected chi connectivity index (χ3v) is 12.0. The maximum Gasteiger partial charge on any atom is 0.309 e. The van der Waals surface area contributed by atoms with Crippen LogP contribution in [0.5, 0.6) is 0 Å². The summed E-state index contributed by atoms with van der Waals surface area (Å²) in [5.41, 5.74) is -1.11. The summed E-state index contributed by atoms with van der Waals surface area (Å²) in [4.78, 5) is 25.8. The molecule has 6 rings (SSSR count). The first-order valence-corrected chi connectivity index (χ1v) is 13.3. The molecular weight excluding hydrogens is 416 g/mol. The molecule has 0 bridgehead atoms. The van der Waals surface area contributed by atoms with E-state index in [1.54, 1.807) is 12.2 Å². The SMILES string of the molecule is C[C@H](C1C[C@H](C)[C@@H](C)C(=O)O1)[C@H]1CC[C@H]2[C@@H]3C[C@H]4O[C@]45[C@@H](O)C=CC(=O)[C@]5(C)[C@H]3CC[C@]12C. The lowest BCUT2D eigenvalue weighted by Gasteiger charge is -2.58. The highest BCUT2D eigenvalue weighted by atomic mass is 16.6. The molecule has 2 aliphatic heterocycles. The third kappa shape index (κ3) is 2.62. The smallest absolute Gasteiger partial charge is 0.309 e. The quantitative estimate of drug-likeness (QED) is 0.495. The summed E-state index contributed by atoms with van der Waals surface area (Å²) in [6.07, 6.45) is 9.00. The van der Waals surface area contributed by atoms with Crippen molar-refractivity contribution in [3.05, 3.63) is 12.2 Å². The Labute approximate surface area is 197 Å². The number of epoxide rings is 1. The summed E-state index contributed by atoms with van der Waals surface area (Å²) in [6.45, 7) is 11.1. The summed E-state index contributed by atoms with van der Waals surface area (Å²) >= 11 is 0. The van der Waals surface area contributed by atoms with E-state index in [1.807, 2.05) is 6.92 Å². The number of hydrogen-bond donors (Lipinski definition) is 1. The van der Waals surface area contributed by atoms with Gasteiger partial charge >= 0.3 is 5.97 Å². The largest absolute Gasteiger partial charge is 0.462 e. The molecule has 0 aromatic heterocycles. The number of aliphatic hydroxyl groups is 1. The zero-order valence-electron chi connectivity index (χ0n) is 20.8. The van der Waals surface area contributed by atoms with E-state index >= 15 is 0 Å². The van der Waals surface area contributed by atoms with E-state index < -0.39 is 17.1 Å². The predicted octanol–water partition coefficient (Wildman–Crippen LogP) is 4.32. The molecular formula is C28H40O5. The number of fused-ring (bicyclic) bond motifs is 4. The van der Waals surface area contributed by atoms with Crippen molar-refractivity contribution in [2.45, 2.75) is 97.1 Å². The number of carbonyl (C=O) groups excluding carboxylic acids is 2. The summed E-state index contributed by atoms with van der Waals surface area (Å²) in [5.74, 6) is 2.67. The number of cyclic esters (lactones) is 1. The van der Waals surface area contributed by atoms with E-state index in [1.165, 1.54) is 12.8 Å². The maximum absolute atomic E-state index is 13.3. The van der Waals surface area contributed by atoms with Crippen molar-refractivity contribution in [3.8, 4) is 0 Å². The molecule has 3 saturated carbocycles. The molecule has 1 N–H and O–H groups in total. The van der Waals surface area contributed by atoms with Crippen LogP contribution in [0, 0.1) is 52.3 Å². The highest BCUT2D eigenvalue weighted by Crippen LogP contribution is 2.73. The van der Waals surface area contributed by atoms with Gasteiger partial charge in [0.1, 0.15) is 17.8 Å². The molecule has 6 aliphatic rings. The van der Waals surface area contributed by atoms with Crippen LogP contribution in [0.4, 0.5) is 0 Å². The van der Waals surface area contributed by atoms with E-state index in [0.29, 0.717) is 29.6 Å². The van der Waals surface area contributed by atoms with Crippen LogP contribution in [-0.4, -0.2) is 40.8 Å². The average Bonchev–Trinajstić information content (AvgIpc) is 3.41. The second-order valence-corrected chi connectivity index (χ2v) is 12.9. The first kappa shape index (κ1) is 22.3. The lowest BCUT2D eigenvalue weighted by atomic mass is 9.44. The Bertz CT molecular complexity index is 912. The Kier molecular flexibility index (Phi) is 4.68. The number of allylic oxidation sites excluding steroid dienone is 1. The standard InChI is InChI=1S/C28H40O5/c1-14-12-21(32-25(31)15(14)2)16(3)18-6-7-19-17-13-24-28(33-24)23(30)9-8-22(29)27(28,5)20(17)10-11-26(18,19)4/h8-9,14-21,23-24,30H,6-7,10-13H2,1-5H3/t14-,15+,16-,17-,18+,19-,20-,21?,23-,24+,26+,27-,28+/m0/s1. The van der Waals surface area contributed by atoms with Gasteiger partial charge in [0, 0.05) is 0 Å². The molecule has 182 valence electrons. The number of aliphatic hydroxyl groups excluding tert-OH is 1. The fourth-order valence-electron chi connectivity index (χ4n) is 9.78. The Morgan fingerprint density at radius 2 is 1.85 bits per heavy atom. The van der Waals surface area contributed by atoms with Gasteiger partial charge in [-0.15, -0.1) is 0 Å². The Hall–Kier alpha value is -1.20. The van der Waals surface area contributed by atoms with Gasteiger partial charge < -0.3 is 14.6 Å². The van der Waals surface area contributed by atoms with Gasteiger partial charge in [-0.05, 0) is 98.5 Å². The van der Waals surface area contributed by atoms with E-state index in [-0.39, 0.29) is 41.2 Å². The van der Waals surface area contributed by atoms with Gasteiger partial charge in [0.05, 0.1) is 17.4 Å². The van der Waals surface area contributed by atoms with Crippen molar-refractivity contribution in [1.29, 1.82) is 0 Å². The Balaban J connectivity index is 1.27. The molecule has 1 spiro atoms. The zero-order valence-corrected chi connectivity index (χ0v) is 20.8. The van der Waals surface area contributed by atoms with E-state index in [2.05, 4.69) is 27.7 Å². The summed E-state index contributed by atoms with van der Waals surface area (Å²) in [5, 5.41) is 10.8. The zero-order chi connectivity index (χ0) is 23.5. The third-order valence-electron chi connectivity index (χ3n) is 12.0. The normalized spacial score (nSPS) is 57.9. The van der Waals surface area contributed by atoms with Gasteiger partial charge in [0.25, 0.3) is 0 Å². The number of rotatable bonds is 2. The van der Waals surface area contributed by atoms with Crippen molar-refractivity contribution in [2.75, 3.05) is 0 Å². The van der Waals surface area contributed by atoms with E-state index in [4.69, 9.17) is 9.47 Å². The minimum atomic E-state index is -0.692. The maximum atomic E-state index is 13.3. The fourth-order valence-corrected chi connectivity index (χ4v) is 9.78. The van der Waals surface area contributed by atoms with Gasteiger partial charge in [-0.1, -0.05) is 27.7 Å². The number of hydrogen-bond acceptors (Lipinski definition) is 5. The predicted molar refractivity (Wildman–Crippen MR) is 123 cm³/mol. The van der Waals surface area contributed by atoms with Crippen LogP contribution in [0.2, 0.25) is 0 Å². The second kappa shape index (κ2) is 6.94. The number of ether oxygens (including phenoxy) is 2. The first-order valence-electron chi connectivity index (χ1n) is 13.3. The van der Waals surface area contributed by atoms with E-state index in [9.17, 15) is 14.7 Å². The molecule has 0 aromatic carbocycles.